The summed E-state index contributed by atoms with van der Waals surface area (Å²) < 4.78 is 4.69. The summed E-state index contributed by atoms with van der Waals surface area (Å²) in [6.07, 6.45) is 0.335. The van der Waals surface area contributed by atoms with E-state index in [1.165, 1.54) is 0 Å². The van der Waals surface area contributed by atoms with Gasteiger partial charge in [-0.1, -0.05) is 0 Å². The normalized spacial score (nSPS) is 24.3. The minimum atomic E-state index is -0.809. The molecule has 1 N–H and O–H groups in total. The highest BCUT2D eigenvalue weighted by Crippen LogP contribution is 2.19. The number of carboxylic acids is 1. The molecule has 0 aromatic carbocycles. The molecule has 2 aliphatic rings. The predicted molar refractivity (Wildman–Crippen MR) is 59.9 cm³/mol. The second-order valence-corrected chi connectivity index (χ2v) is 4.65. The topological polar surface area (TPSA) is 87.2 Å². The van der Waals surface area contributed by atoms with Crippen LogP contribution >= 0.6 is 0 Å². The van der Waals surface area contributed by atoms with E-state index in [0.29, 0.717) is 19.6 Å². The first kappa shape index (κ1) is 12.8. The van der Waals surface area contributed by atoms with Gasteiger partial charge < -0.3 is 9.84 Å². The van der Waals surface area contributed by atoms with Crippen molar-refractivity contribution in [1.82, 2.24) is 9.80 Å². The summed E-state index contributed by atoms with van der Waals surface area (Å²) in [5, 5.41) is 8.69. The molecule has 0 radical (unpaired) electrons. The van der Waals surface area contributed by atoms with Crippen LogP contribution in [-0.2, 0) is 14.3 Å². The van der Waals surface area contributed by atoms with E-state index in [1.807, 2.05) is 4.90 Å². The number of cyclic esters (lactones) is 1. The predicted octanol–water partition coefficient (Wildman–Crippen LogP) is -0.238. The molecule has 0 aromatic heterocycles. The molecule has 7 nitrogen and oxygen atoms in total. The van der Waals surface area contributed by atoms with Crippen LogP contribution in [-0.4, -0.2) is 65.7 Å². The Bertz CT molecular complexity index is 370. The molecular weight excluding hydrogens is 240 g/mol. The van der Waals surface area contributed by atoms with Gasteiger partial charge >= 0.3 is 12.1 Å². The highest BCUT2D eigenvalue weighted by Gasteiger charge is 2.32. The summed E-state index contributed by atoms with van der Waals surface area (Å²) in [5.74, 6) is -0.981. The first-order valence-electron chi connectivity index (χ1n) is 5.97. The minimum Gasteiger partial charge on any atom is -0.481 e. The standard InChI is InChI=1S/C11H16N2O5/c14-9(13-3-4-18-11(13)17)7-12-2-1-8(6-12)5-10(15)16/h8H,1-7H2,(H,15,16). The summed E-state index contributed by atoms with van der Waals surface area (Å²) in [5.41, 5.74) is 0. The largest absolute Gasteiger partial charge is 0.481 e. The monoisotopic (exact) mass is 256 g/mol. The number of rotatable bonds is 4. The van der Waals surface area contributed by atoms with E-state index >= 15 is 0 Å². The molecule has 2 fully saturated rings. The zero-order valence-corrected chi connectivity index (χ0v) is 10.0. The fourth-order valence-electron chi connectivity index (χ4n) is 2.37. The van der Waals surface area contributed by atoms with Crippen molar-refractivity contribution in [3.05, 3.63) is 0 Å². The van der Waals surface area contributed by atoms with Crippen molar-refractivity contribution < 1.29 is 24.2 Å². The lowest BCUT2D eigenvalue weighted by Crippen LogP contribution is -2.40. The summed E-state index contributed by atoms with van der Waals surface area (Å²) in [6.45, 7) is 2.02. The number of carbonyl (C=O) groups is 3. The van der Waals surface area contributed by atoms with Crippen molar-refractivity contribution in [3.63, 3.8) is 0 Å². The summed E-state index contributed by atoms with van der Waals surface area (Å²) in [7, 11) is 0. The SMILES string of the molecule is O=C(O)CC1CCN(CC(=O)N2CCOC2=O)C1. The van der Waals surface area contributed by atoms with Gasteiger partial charge in [-0.15, -0.1) is 0 Å². The van der Waals surface area contributed by atoms with Crippen LogP contribution in [0.2, 0.25) is 0 Å². The molecule has 0 aliphatic carbocycles. The van der Waals surface area contributed by atoms with Crippen molar-refractivity contribution in [1.29, 1.82) is 0 Å². The third-order valence-electron chi connectivity index (χ3n) is 3.25. The third kappa shape index (κ3) is 2.98. The Morgan fingerprint density at radius 3 is 2.78 bits per heavy atom. The molecular formula is C11H16N2O5. The van der Waals surface area contributed by atoms with Crippen LogP contribution in [0.3, 0.4) is 0 Å². The van der Waals surface area contributed by atoms with Gasteiger partial charge in [-0.05, 0) is 18.9 Å². The Hall–Kier alpha value is -1.63. The van der Waals surface area contributed by atoms with Crippen molar-refractivity contribution >= 4 is 18.0 Å². The number of hydrogen-bond donors (Lipinski definition) is 1. The first-order chi connectivity index (χ1) is 8.56. The zero-order chi connectivity index (χ0) is 13.1. The molecule has 18 heavy (non-hydrogen) atoms. The van der Waals surface area contributed by atoms with Gasteiger partial charge in [-0.25, -0.2) is 9.69 Å². The molecule has 0 saturated carbocycles. The van der Waals surface area contributed by atoms with Gasteiger partial charge in [-0.3, -0.25) is 14.5 Å². The maximum absolute atomic E-state index is 11.8. The van der Waals surface area contributed by atoms with E-state index in [2.05, 4.69) is 0 Å². The number of imide groups is 1. The van der Waals surface area contributed by atoms with Crippen LogP contribution in [0.25, 0.3) is 0 Å². The lowest BCUT2D eigenvalue weighted by Gasteiger charge is -2.17. The fraction of sp³-hybridized carbons (Fsp3) is 0.727. The van der Waals surface area contributed by atoms with Crippen LogP contribution in [0.1, 0.15) is 12.8 Å². The van der Waals surface area contributed by atoms with Gasteiger partial charge in [0.15, 0.2) is 0 Å². The number of amides is 2. The van der Waals surface area contributed by atoms with Gasteiger partial charge in [0.05, 0.1) is 13.1 Å². The van der Waals surface area contributed by atoms with Crippen LogP contribution in [0, 0.1) is 5.92 Å². The molecule has 2 heterocycles. The molecule has 0 spiro atoms. The molecule has 2 rings (SSSR count). The molecule has 1 unspecified atom stereocenters. The third-order valence-corrected chi connectivity index (χ3v) is 3.25. The molecule has 2 amide bonds. The molecule has 2 aliphatic heterocycles. The Morgan fingerprint density at radius 2 is 2.17 bits per heavy atom. The molecule has 0 bridgehead atoms. The van der Waals surface area contributed by atoms with Gasteiger partial charge in [0.25, 0.3) is 0 Å². The van der Waals surface area contributed by atoms with Gasteiger partial charge in [0.2, 0.25) is 5.91 Å². The Kier molecular flexibility index (Phi) is 3.81. The first-order valence-corrected chi connectivity index (χ1v) is 5.97. The second kappa shape index (κ2) is 5.34. The van der Waals surface area contributed by atoms with Gasteiger partial charge in [0, 0.05) is 13.0 Å². The van der Waals surface area contributed by atoms with E-state index in [-0.39, 0.29) is 31.4 Å². The Labute approximate surface area is 104 Å². The summed E-state index contributed by atoms with van der Waals surface area (Å²) in [4.78, 5) is 36.6. The number of hydrogen-bond acceptors (Lipinski definition) is 5. The lowest BCUT2D eigenvalue weighted by molar-refractivity contribution is -0.138. The quantitative estimate of drug-likeness (QED) is 0.747. The maximum atomic E-state index is 11.8. The van der Waals surface area contributed by atoms with Gasteiger partial charge in [0.1, 0.15) is 6.61 Å². The van der Waals surface area contributed by atoms with Crippen LogP contribution in [0.15, 0.2) is 0 Å². The molecule has 2 saturated heterocycles. The fourth-order valence-corrected chi connectivity index (χ4v) is 2.37. The maximum Gasteiger partial charge on any atom is 0.416 e. The number of likely N-dealkylation sites (tertiary alicyclic amines) is 1. The highest BCUT2D eigenvalue weighted by molar-refractivity contribution is 5.94. The average molecular weight is 256 g/mol. The van der Waals surface area contributed by atoms with Crippen LogP contribution in [0.4, 0.5) is 4.79 Å². The van der Waals surface area contributed by atoms with E-state index in [0.717, 1.165) is 11.3 Å². The van der Waals surface area contributed by atoms with Crippen molar-refractivity contribution in [3.8, 4) is 0 Å². The van der Waals surface area contributed by atoms with E-state index in [4.69, 9.17) is 9.84 Å². The number of aliphatic carboxylic acids is 1. The second-order valence-electron chi connectivity index (χ2n) is 4.65. The average Bonchev–Trinajstić information content (AvgIpc) is 2.87. The molecule has 7 heteroatoms. The van der Waals surface area contributed by atoms with Crippen LogP contribution in [0.5, 0.6) is 0 Å². The number of ether oxygens (including phenoxy) is 1. The molecule has 0 aromatic rings. The molecule has 100 valence electrons. The Balaban J connectivity index is 1.79. The smallest absolute Gasteiger partial charge is 0.416 e. The summed E-state index contributed by atoms with van der Waals surface area (Å²) >= 11 is 0. The zero-order valence-electron chi connectivity index (χ0n) is 10.0. The number of carboxylic acid groups (broad SMARTS) is 1. The molecule has 1 atom stereocenters. The number of nitrogens with zero attached hydrogens (tertiary/aromatic N) is 2. The van der Waals surface area contributed by atoms with Crippen LogP contribution < -0.4 is 0 Å². The van der Waals surface area contributed by atoms with E-state index < -0.39 is 12.1 Å². The van der Waals surface area contributed by atoms with Crippen molar-refractivity contribution in [2.75, 3.05) is 32.8 Å². The summed E-state index contributed by atoms with van der Waals surface area (Å²) in [6, 6.07) is 0. The van der Waals surface area contributed by atoms with Crippen molar-refractivity contribution in [2.24, 2.45) is 5.92 Å². The van der Waals surface area contributed by atoms with Crippen molar-refractivity contribution in [2.45, 2.75) is 12.8 Å². The Morgan fingerprint density at radius 1 is 1.39 bits per heavy atom. The highest BCUT2D eigenvalue weighted by atomic mass is 16.6. The van der Waals surface area contributed by atoms with Gasteiger partial charge in [-0.2, -0.15) is 0 Å². The minimum absolute atomic E-state index is 0.0980. The van der Waals surface area contributed by atoms with E-state index in [1.54, 1.807) is 0 Å². The lowest BCUT2D eigenvalue weighted by atomic mass is 10.1. The van der Waals surface area contributed by atoms with E-state index in [9.17, 15) is 14.4 Å². The number of carbonyl (C=O) groups excluding carboxylic acids is 2.